The SMILES string of the molecule is CC(C)N(CC(CCc1ccccc1)C(=O)O)C(=O)[C@@]1(OC(=O)O)Cc2ccccc2CN1. The number of carbonyl (C=O) groups excluding carboxylic acids is 1. The van der Waals surface area contributed by atoms with Crippen LogP contribution in [0.3, 0.4) is 0 Å². The van der Waals surface area contributed by atoms with E-state index in [9.17, 15) is 24.6 Å². The normalized spacial score (nSPS) is 18.3. The number of rotatable bonds is 9. The molecule has 1 unspecified atom stereocenters. The predicted molar refractivity (Wildman–Crippen MR) is 122 cm³/mol. The molecule has 8 nitrogen and oxygen atoms in total. The second-order valence-corrected chi connectivity index (χ2v) is 8.60. The second kappa shape index (κ2) is 10.5. The van der Waals surface area contributed by atoms with Gasteiger partial charge < -0.3 is 19.8 Å². The fourth-order valence-corrected chi connectivity index (χ4v) is 4.16. The number of benzene rings is 2. The van der Waals surface area contributed by atoms with E-state index in [1.807, 2.05) is 54.6 Å². The van der Waals surface area contributed by atoms with Crippen molar-refractivity contribution in [3.05, 3.63) is 71.3 Å². The Balaban J connectivity index is 1.84. The highest BCUT2D eigenvalue weighted by Crippen LogP contribution is 2.28. The van der Waals surface area contributed by atoms with Gasteiger partial charge in [0.25, 0.3) is 11.6 Å². The van der Waals surface area contributed by atoms with E-state index >= 15 is 0 Å². The summed E-state index contributed by atoms with van der Waals surface area (Å²) in [6.07, 6.45) is -0.642. The number of fused-ring (bicyclic) bond motifs is 1. The van der Waals surface area contributed by atoms with Crippen LogP contribution in [0.5, 0.6) is 0 Å². The molecule has 2 atom stereocenters. The van der Waals surface area contributed by atoms with Gasteiger partial charge in [-0.25, -0.2) is 4.79 Å². The van der Waals surface area contributed by atoms with Crippen LogP contribution in [0.1, 0.15) is 37.0 Å². The summed E-state index contributed by atoms with van der Waals surface area (Å²) >= 11 is 0. The number of aryl methyl sites for hydroxylation is 1. The minimum Gasteiger partial charge on any atom is -0.481 e. The zero-order chi connectivity index (χ0) is 24.0. The summed E-state index contributed by atoms with van der Waals surface area (Å²) in [5.41, 5.74) is 0.973. The number of carboxylic acid groups (broad SMARTS) is 2. The number of amides is 1. The van der Waals surface area contributed by atoms with E-state index in [-0.39, 0.29) is 25.6 Å². The molecule has 1 aliphatic heterocycles. The van der Waals surface area contributed by atoms with Crippen LogP contribution in [0, 0.1) is 5.92 Å². The number of hydrogen-bond acceptors (Lipinski definition) is 5. The fraction of sp³-hybridized carbons (Fsp3) is 0.400. The largest absolute Gasteiger partial charge is 0.508 e. The molecule has 0 radical (unpaired) electrons. The Kier molecular flexibility index (Phi) is 7.71. The molecule has 33 heavy (non-hydrogen) atoms. The number of nitrogens with zero attached hydrogens (tertiary/aromatic N) is 1. The summed E-state index contributed by atoms with van der Waals surface area (Å²) in [7, 11) is 0. The highest BCUT2D eigenvalue weighted by atomic mass is 16.7. The first kappa shape index (κ1) is 24.3. The van der Waals surface area contributed by atoms with E-state index in [0.29, 0.717) is 12.8 Å². The highest BCUT2D eigenvalue weighted by molar-refractivity contribution is 5.88. The average molecular weight is 455 g/mol. The lowest BCUT2D eigenvalue weighted by molar-refractivity contribution is -0.162. The van der Waals surface area contributed by atoms with Crippen LogP contribution in [0.15, 0.2) is 54.6 Å². The van der Waals surface area contributed by atoms with Crippen molar-refractivity contribution in [1.29, 1.82) is 0 Å². The summed E-state index contributed by atoms with van der Waals surface area (Å²) < 4.78 is 5.17. The number of ether oxygens (including phenoxy) is 1. The standard InChI is InChI=1S/C25H30N2O6/c1-17(2)27(16-21(22(28)29)13-12-18-8-4-3-5-9-18)23(30)25(33-24(31)32)14-19-10-6-7-11-20(19)15-26-25/h3-11,17,21,26H,12-16H2,1-2H3,(H,28,29)(H,31,32)/t21?,25-/m0/s1. The molecule has 1 heterocycles. The molecular formula is C25H30N2O6. The number of hydrogen-bond donors (Lipinski definition) is 3. The molecule has 176 valence electrons. The summed E-state index contributed by atoms with van der Waals surface area (Å²) in [5.74, 6) is -2.39. The van der Waals surface area contributed by atoms with E-state index in [4.69, 9.17) is 4.74 Å². The maximum Gasteiger partial charge on any atom is 0.508 e. The maximum atomic E-state index is 13.7. The Hall–Kier alpha value is -3.39. The lowest BCUT2D eigenvalue weighted by Crippen LogP contribution is -2.64. The summed E-state index contributed by atoms with van der Waals surface area (Å²) in [4.78, 5) is 38.7. The third-order valence-electron chi connectivity index (χ3n) is 6.00. The van der Waals surface area contributed by atoms with Crippen molar-refractivity contribution >= 4 is 18.0 Å². The number of nitrogens with one attached hydrogen (secondary N) is 1. The lowest BCUT2D eigenvalue weighted by Gasteiger charge is -2.41. The molecule has 0 spiro atoms. The van der Waals surface area contributed by atoms with Gasteiger partial charge in [-0.1, -0.05) is 54.6 Å². The molecule has 0 aliphatic carbocycles. The molecular weight excluding hydrogens is 424 g/mol. The topological polar surface area (TPSA) is 116 Å². The molecule has 2 aromatic carbocycles. The summed E-state index contributed by atoms with van der Waals surface area (Å²) in [5, 5.41) is 22.2. The minimum atomic E-state index is -1.81. The Morgan fingerprint density at radius 1 is 1.03 bits per heavy atom. The van der Waals surface area contributed by atoms with Gasteiger partial charge in [0.2, 0.25) is 0 Å². The van der Waals surface area contributed by atoms with Crippen LogP contribution >= 0.6 is 0 Å². The lowest BCUT2D eigenvalue weighted by atomic mass is 9.91. The summed E-state index contributed by atoms with van der Waals surface area (Å²) in [6.45, 7) is 3.77. The first-order chi connectivity index (χ1) is 15.7. The fourth-order valence-electron chi connectivity index (χ4n) is 4.16. The van der Waals surface area contributed by atoms with E-state index in [2.05, 4.69) is 5.32 Å². The third-order valence-corrected chi connectivity index (χ3v) is 6.00. The van der Waals surface area contributed by atoms with Gasteiger partial charge >= 0.3 is 12.1 Å². The summed E-state index contributed by atoms with van der Waals surface area (Å²) in [6, 6.07) is 16.6. The molecule has 0 fully saturated rings. The van der Waals surface area contributed by atoms with Gasteiger partial charge in [0.15, 0.2) is 0 Å². The third kappa shape index (κ3) is 5.90. The van der Waals surface area contributed by atoms with Crippen LogP contribution in [-0.2, 0) is 33.7 Å². The van der Waals surface area contributed by atoms with Crippen molar-refractivity contribution in [3.8, 4) is 0 Å². The smallest absolute Gasteiger partial charge is 0.481 e. The molecule has 0 saturated heterocycles. The Labute approximate surface area is 193 Å². The van der Waals surface area contributed by atoms with Gasteiger partial charge in [0, 0.05) is 25.6 Å². The molecule has 3 N–H and O–H groups in total. The van der Waals surface area contributed by atoms with Gasteiger partial charge in [0.05, 0.1) is 5.92 Å². The van der Waals surface area contributed by atoms with Crippen molar-refractivity contribution in [1.82, 2.24) is 10.2 Å². The van der Waals surface area contributed by atoms with Crippen LogP contribution in [-0.4, -0.2) is 51.5 Å². The van der Waals surface area contributed by atoms with Crippen molar-refractivity contribution in [2.75, 3.05) is 6.54 Å². The van der Waals surface area contributed by atoms with Crippen molar-refractivity contribution in [2.45, 2.75) is 51.4 Å². The quantitative estimate of drug-likeness (QED) is 0.498. The molecule has 1 aliphatic rings. The van der Waals surface area contributed by atoms with Crippen molar-refractivity contribution in [3.63, 3.8) is 0 Å². The minimum absolute atomic E-state index is 0.0271. The van der Waals surface area contributed by atoms with Gasteiger partial charge in [-0.05, 0) is 43.4 Å². The van der Waals surface area contributed by atoms with E-state index in [1.54, 1.807) is 13.8 Å². The van der Waals surface area contributed by atoms with Crippen LogP contribution < -0.4 is 5.32 Å². The molecule has 0 aromatic heterocycles. The van der Waals surface area contributed by atoms with Crippen LogP contribution in [0.25, 0.3) is 0 Å². The predicted octanol–water partition coefficient (Wildman–Crippen LogP) is 3.29. The molecule has 8 heteroatoms. The first-order valence-corrected chi connectivity index (χ1v) is 11.0. The van der Waals surface area contributed by atoms with Gasteiger partial charge in [-0.15, -0.1) is 0 Å². The van der Waals surface area contributed by atoms with E-state index < -0.39 is 29.7 Å². The highest BCUT2D eigenvalue weighted by Gasteiger charge is 2.48. The zero-order valence-corrected chi connectivity index (χ0v) is 18.9. The first-order valence-electron chi connectivity index (χ1n) is 11.0. The molecule has 3 rings (SSSR count). The second-order valence-electron chi connectivity index (χ2n) is 8.60. The molecule has 0 bridgehead atoms. The molecule has 2 aromatic rings. The average Bonchev–Trinajstić information content (AvgIpc) is 2.78. The molecule has 1 amide bonds. The maximum absolute atomic E-state index is 13.7. The molecule has 0 saturated carbocycles. The van der Waals surface area contributed by atoms with Gasteiger partial charge in [-0.3, -0.25) is 14.9 Å². The Morgan fingerprint density at radius 2 is 1.67 bits per heavy atom. The number of carboxylic acids is 1. The zero-order valence-electron chi connectivity index (χ0n) is 18.9. The van der Waals surface area contributed by atoms with Crippen LogP contribution in [0.2, 0.25) is 0 Å². The van der Waals surface area contributed by atoms with Gasteiger partial charge in [0.1, 0.15) is 0 Å². The van der Waals surface area contributed by atoms with Crippen molar-refractivity contribution < 1.29 is 29.3 Å². The van der Waals surface area contributed by atoms with Crippen LogP contribution in [0.4, 0.5) is 4.79 Å². The Morgan fingerprint density at radius 3 is 2.27 bits per heavy atom. The van der Waals surface area contributed by atoms with Crippen molar-refractivity contribution in [2.24, 2.45) is 5.92 Å². The van der Waals surface area contributed by atoms with Gasteiger partial charge in [-0.2, -0.15) is 0 Å². The number of carbonyl (C=O) groups is 3. The monoisotopic (exact) mass is 454 g/mol. The number of aliphatic carboxylic acids is 1. The van der Waals surface area contributed by atoms with E-state index in [0.717, 1.165) is 16.7 Å². The van der Waals surface area contributed by atoms with E-state index in [1.165, 1.54) is 4.90 Å². The Bertz CT molecular complexity index is 993.